The van der Waals surface area contributed by atoms with E-state index in [9.17, 15) is 0 Å². The first-order valence-electron chi connectivity index (χ1n) is 7.08. The normalized spacial score (nSPS) is 12.1. The lowest BCUT2D eigenvalue weighted by atomic mass is 10.1. The molecule has 0 saturated heterocycles. The monoisotopic (exact) mass is 304 g/mol. The van der Waals surface area contributed by atoms with Gasteiger partial charge in [-0.2, -0.15) is 0 Å². The lowest BCUT2D eigenvalue weighted by Crippen LogP contribution is -3.06. The number of furan rings is 1. The second-order valence-electron chi connectivity index (χ2n) is 5.22. The molecule has 0 bridgehead atoms. The molecule has 0 spiro atoms. The van der Waals surface area contributed by atoms with Gasteiger partial charge >= 0.3 is 0 Å². The highest BCUT2D eigenvalue weighted by Crippen LogP contribution is 2.22. The summed E-state index contributed by atoms with van der Waals surface area (Å²) in [5, 5.41) is 7.20. The van der Waals surface area contributed by atoms with Gasteiger partial charge in [-0.05, 0) is 29.9 Å². The number of rotatable bonds is 6. The summed E-state index contributed by atoms with van der Waals surface area (Å²) < 4.78 is 5.54. The zero-order chi connectivity index (χ0) is 15.1. The van der Waals surface area contributed by atoms with Crippen LogP contribution in [0.15, 0.2) is 53.1 Å². The van der Waals surface area contributed by atoms with Crippen LogP contribution in [-0.4, -0.2) is 32.3 Å². The molecule has 0 aliphatic rings. The van der Waals surface area contributed by atoms with Crippen LogP contribution in [0, 0.1) is 0 Å². The molecule has 0 aliphatic carbocycles. The molecule has 3 N–H and O–H groups in total. The molecule has 0 fully saturated rings. The van der Waals surface area contributed by atoms with Gasteiger partial charge in [0.05, 0.1) is 33.4 Å². The highest BCUT2D eigenvalue weighted by atomic mass is 32.1. The maximum atomic E-state index is 5.54. The number of likely N-dealkylation sites (N-methyl/N-ethyl adjacent to an activating group) is 1. The van der Waals surface area contributed by atoms with Gasteiger partial charge in [0, 0.05) is 0 Å². The SMILES string of the molecule is C[NH+](C)CCNC(=S)N[C@@H](c1ccccc1)c1ccco1. The second-order valence-corrected chi connectivity index (χ2v) is 5.62. The molecule has 5 heteroatoms. The van der Waals surface area contributed by atoms with Crippen molar-refractivity contribution in [3.05, 3.63) is 60.1 Å². The van der Waals surface area contributed by atoms with E-state index in [1.165, 1.54) is 4.90 Å². The lowest BCUT2D eigenvalue weighted by Gasteiger charge is -2.20. The van der Waals surface area contributed by atoms with E-state index in [1.807, 2.05) is 30.3 Å². The summed E-state index contributed by atoms with van der Waals surface area (Å²) in [6.45, 7) is 1.85. The van der Waals surface area contributed by atoms with Gasteiger partial charge in [0.1, 0.15) is 11.8 Å². The Morgan fingerprint density at radius 1 is 1.19 bits per heavy atom. The molecular formula is C16H22N3OS+. The predicted octanol–water partition coefficient (Wildman–Crippen LogP) is 0.978. The van der Waals surface area contributed by atoms with Crippen LogP contribution >= 0.6 is 12.2 Å². The molecule has 4 nitrogen and oxygen atoms in total. The molecule has 2 aromatic rings. The molecule has 0 amide bonds. The maximum Gasteiger partial charge on any atom is 0.167 e. The lowest BCUT2D eigenvalue weighted by molar-refractivity contribution is -0.856. The quantitative estimate of drug-likeness (QED) is 0.696. The number of thiocarbonyl (C=S) groups is 1. The average Bonchev–Trinajstić information content (AvgIpc) is 2.99. The molecule has 0 unspecified atom stereocenters. The summed E-state index contributed by atoms with van der Waals surface area (Å²) >= 11 is 5.38. The highest BCUT2D eigenvalue weighted by Gasteiger charge is 2.17. The van der Waals surface area contributed by atoms with Crippen molar-refractivity contribution < 1.29 is 9.32 Å². The summed E-state index contributed by atoms with van der Waals surface area (Å²) in [6.07, 6.45) is 1.68. The van der Waals surface area contributed by atoms with Gasteiger partial charge in [-0.15, -0.1) is 0 Å². The first-order valence-corrected chi connectivity index (χ1v) is 7.49. The molecule has 2 rings (SSSR count). The molecule has 0 aliphatic heterocycles. The number of hydrogen-bond donors (Lipinski definition) is 3. The average molecular weight is 304 g/mol. The van der Waals surface area contributed by atoms with Gasteiger partial charge in [0.2, 0.25) is 0 Å². The van der Waals surface area contributed by atoms with E-state index in [2.05, 4.69) is 36.9 Å². The Bertz CT molecular complexity index is 540. The standard InChI is InChI=1S/C16H21N3OS/c1-19(2)11-10-17-16(21)18-15(14-9-6-12-20-14)13-7-4-3-5-8-13/h3-9,12,15H,10-11H2,1-2H3,(H2,17,18,21)/p+1/t15-/m0/s1. The van der Waals surface area contributed by atoms with Crippen molar-refractivity contribution in [2.45, 2.75) is 6.04 Å². The summed E-state index contributed by atoms with van der Waals surface area (Å²) in [4.78, 5) is 1.39. The minimum absolute atomic E-state index is 0.0760. The highest BCUT2D eigenvalue weighted by molar-refractivity contribution is 7.80. The van der Waals surface area contributed by atoms with E-state index in [1.54, 1.807) is 6.26 Å². The van der Waals surface area contributed by atoms with Gasteiger partial charge in [0.15, 0.2) is 5.11 Å². The Morgan fingerprint density at radius 2 is 1.95 bits per heavy atom. The van der Waals surface area contributed by atoms with E-state index in [0.717, 1.165) is 24.4 Å². The van der Waals surface area contributed by atoms with E-state index in [4.69, 9.17) is 16.6 Å². The smallest absolute Gasteiger partial charge is 0.167 e. The first kappa shape index (κ1) is 15.5. The minimum Gasteiger partial charge on any atom is -0.467 e. The minimum atomic E-state index is -0.0760. The summed E-state index contributed by atoms with van der Waals surface area (Å²) in [7, 11) is 4.24. The third-order valence-electron chi connectivity index (χ3n) is 3.15. The summed E-state index contributed by atoms with van der Waals surface area (Å²) in [5.41, 5.74) is 1.12. The Hall–Kier alpha value is -1.85. The third-order valence-corrected chi connectivity index (χ3v) is 3.41. The van der Waals surface area contributed by atoms with Gasteiger partial charge in [-0.25, -0.2) is 0 Å². The van der Waals surface area contributed by atoms with Crippen molar-refractivity contribution in [2.75, 3.05) is 27.2 Å². The fourth-order valence-electron chi connectivity index (χ4n) is 2.03. The topological polar surface area (TPSA) is 41.6 Å². The molecule has 21 heavy (non-hydrogen) atoms. The molecule has 112 valence electrons. The molecule has 1 aromatic heterocycles. The van der Waals surface area contributed by atoms with E-state index < -0.39 is 0 Å². The Labute approximate surface area is 131 Å². The molecule has 1 atom stereocenters. The van der Waals surface area contributed by atoms with Crippen molar-refractivity contribution in [2.24, 2.45) is 0 Å². The molecule has 1 heterocycles. The third kappa shape index (κ3) is 4.88. The van der Waals surface area contributed by atoms with Crippen LogP contribution in [-0.2, 0) is 0 Å². The van der Waals surface area contributed by atoms with Gasteiger partial charge in [-0.1, -0.05) is 30.3 Å². The van der Waals surface area contributed by atoms with Crippen molar-refractivity contribution in [3.63, 3.8) is 0 Å². The fourth-order valence-corrected chi connectivity index (χ4v) is 2.25. The Morgan fingerprint density at radius 3 is 2.57 bits per heavy atom. The van der Waals surface area contributed by atoms with E-state index in [0.29, 0.717) is 5.11 Å². The van der Waals surface area contributed by atoms with E-state index >= 15 is 0 Å². The molecule has 1 aromatic carbocycles. The van der Waals surface area contributed by atoms with Crippen molar-refractivity contribution in [1.29, 1.82) is 0 Å². The zero-order valence-corrected chi connectivity index (χ0v) is 13.2. The second kappa shape index (κ2) is 7.81. The van der Waals surface area contributed by atoms with Crippen molar-refractivity contribution >= 4 is 17.3 Å². The first-order chi connectivity index (χ1) is 10.2. The Kier molecular flexibility index (Phi) is 5.78. The largest absolute Gasteiger partial charge is 0.467 e. The fraction of sp³-hybridized carbons (Fsp3) is 0.312. The van der Waals surface area contributed by atoms with Crippen LogP contribution < -0.4 is 15.5 Å². The number of benzene rings is 1. The van der Waals surface area contributed by atoms with Crippen LogP contribution in [0.3, 0.4) is 0 Å². The molecule has 0 radical (unpaired) electrons. The van der Waals surface area contributed by atoms with Crippen LogP contribution in [0.5, 0.6) is 0 Å². The number of nitrogens with one attached hydrogen (secondary N) is 3. The maximum absolute atomic E-state index is 5.54. The van der Waals surface area contributed by atoms with Crippen molar-refractivity contribution in [3.8, 4) is 0 Å². The van der Waals surface area contributed by atoms with Gasteiger partial charge in [0.25, 0.3) is 0 Å². The van der Waals surface area contributed by atoms with Crippen LogP contribution in [0.2, 0.25) is 0 Å². The predicted molar refractivity (Wildman–Crippen MR) is 88.4 cm³/mol. The zero-order valence-electron chi connectivity index (χ0n) is 12.4. The van der Waals surface area contributed by atoms with Crippen molar-refractivity contribution in [1.82, 2.24) is 10.6 Å². The van der Waals surface area contributed by atoms with Gasteiger partial charge in [-0.3, -0.25) is 0 Å². The number of quaternary nitrogens is 1. The molecular weight excluding hydrogens is 282 g/mol. The number of hydrogen-bond acceptors (Lipinski definition) is 2. The van der Waals surface area contributed by atoms with Gasteiger partial charge < -0.3 is 20.0 Å². The summed E-state index contributed by atoms with van der Waals surface area (Å²) in [5.74, 6) is 0.851. The molecule has 0 saturated carbocycles. The van der Waals surface area contributed by atoms with Crippen LogP contribution in [0.4, 0.5) is 0 Å². The Balaban J connectivity index is 2.02. The van der Waals surface area contributed by atoms with Crippen LogP contribution in [0.1, 0.15) is 17.4 Å². The van der Waals surface area contributed by atoms with E-state index in [-0.39, 0.29) is 6.04 Å². The summed E-state index contributed by atoms with van der Waals surface area (Å²) in [6, 6.07) is 13.9. The van der Waals surface area contributed by atoms with Crippen LogP contribution in [0.25, 0.3) is 0 Å².